The zero-order valence-corrected chi connectivity index (χ0v) is 16.8. The van der Waals surface area contributed by atoms with Crippen molar-refractivity contribution >= 4 is 15.7 Å². The number of anilines is 1. The Morgan fingerprint density at radius 3 is 2.44 bits per heavy atom. The Balaban J connectivity index is 2.11. The van der Waals surface area contributed by atoms with Crippen LogP contribution < -0.4 is 9.46 Å². The minimum Gasteiger partial charge on any atom is -0.495 e. The highest BCUT2D eigenvalue weighted by Crippen LogP contribution is 2.34. The van der Waals surface area contributed by atoms with E-state index in [2.05, 4.69) is 9.88 Å². The Labute approximate surface area is 159 Å². The van der Waals surface area contributed by atoms with Crippen molar-refractivity contribution in [2.24, 2.45) is 0 Å². The van der Waals surface area contributed by atoms with Gasteiger partial charge in [-0.2, -0.15) is 0 Å². The monoisotopic (exact) mass is 386 g/mol. The Hall–Kier alpha value is -2.80. The molecular weight excluding hydrogens is 364 g/mol. The quantitative estimate of drug-likeness (QED) is 0.703. The van der Waals surface area contributed by atoms with Crippen LogP contribution in [0.5, 0.6) is 5.75 Å². The number of nitrogens with one attached hydrogen (secondary N) is 1. The minimum absolute atomic E-state index is 0.0587. The Morgan fingerprint density at radius 1 is 1.07 bits per heavy atom. The van der Waals surface area contributed by atoms with Crippen LogP contribution in [0.2, 0.25) is 0 Å². The molecule has 0 atom stereocenters. The Kier molecular flexibility index (Phi) is 4.97. The summed E-state index contributed by atoms with van der Waals surface area (Å²) >= 11 is 0. The van der Waals surface area contributed by atoms with E-state index in [0.29, 0.717) is 22.7 Å². The summed E-state index contributed by atoms with van der Waals surface area (Å²) in [5.41, 5.74) is 4.60. The predicted octanol–water partition coefficient (Wildman–Crippen LogP) is 4.38. The van der Waals surface area contributed by atoms with Gasteiger partial charge < -0.3 is 9.26 Å². The summed E-state index contributed by atoms with van der Waals surface area (Å²) in [4.78, 5) is 0.0587. The first-order valence-electron chi connectivity index (χ1n) is 8.45. The molecular formula is C20H22N2O4S. The van der Waals surface area contributed by atoms with Crippen LogP contribution in [0.3, 0.4) is 0 Å². The lowest BCUT2D eigenvalue weighted by molar-refractivity contribution is 0.393. The normalized spacial score (nSPS) is 11.4. The summed E-state index contributed by atoms with van der Waals surface area (Å²) < 4.78 is 39.4. The highest BCUT2D eigenvalue weighted by Gasteiger charge is 2.23. The summed E-state index contributed by atoms with van der Waals surface area (Å²) in [5, 5.41) is 3.94. The summed E-state index contributed by atoms with van der Waals surface area (Å²) in [5.74, 6) is 0.895. The molecule has 0 amide bonds. The van der Waals surface area contributed by atoms with E-state index in [1.807, 2.05) is 32.9 Å². The zero-order valence-electron chi connectivity index (χ0n) is 16.0. The van der Waals surface area contributed by atoms with Crippen LogP contribution >= 0.6 is 0 Å². The molecule has 142 valence electrons. The van der Waals surface area contributed by atoms with Crippen LogP contribution in [-0.4, -0.2) is 20.7 Å². The van der Waals surface area contributed by atoms with Crippen molar-refractivity contribution in [1.82, 2.24) is 5.16 Å². The molecule has 0 unspecified atom stereocenters. The van der Waals surface area contributed by atoms with Crippen molar-refractivity contribution in [3.63, 3.8) is 0 Å². The average Bonchev–Trinajstić information content (AvgIpc) is 2.97. The lowest BCUT2D eigenvalue weighted by Crippen LogP contribution is -2.15. The van der Waals surface area contributed by atoms with Gasteiger partial charge in [0.15, 0.2) is 0 Å². The van der Waals surface area contributed by atoms with Crippen molar-refractivity contribution < 1.29 is 17.7 Å². The van der Waals surface area contributed by atoms with Crippen LogP contribution in [0.1, 0.15) is 22.6 Å². The topological polar surface area (TPSA) is 81.4 Å². The summed E-state index contributed by atoms with van der Waals surface area (Å²) in [6, 6.07) is 10.5. The summed E-state index contributed by atoms with van der Waals surface area (Å²) in [7, 11) is -2.41. The van der Waals surface area contributed by atoms with Crippen LogP contribution in [0.15, 0.2) is 45.8 Å². The molecule has 3 rings (SSSR count). The minimum atomic E-state index is -3.86. The molecule has 6 nitrogen and oxygen atoms in total. The number of nitrogens with zero attached hydrogens (tertiary/aromatic N) is 1. The molecule has 1 heterocycles. The van der Waals surface area contributed by atoms with Gasteiger partial charge >= 0.3 is 0 Å². The van der Waals surface area contributed by atoms with Crippen LogP contribution in [0, 0.1) is 27.7 Å². The molecule has 0 saturated heterocycles. The molecule has 2 aromatic carbocycles. The van der Waals surface area contributed by atoms with Crippen molar-refractivity contribution in [1.29, 1.82) is 0 Å². The Morgan fingerprint density at radius 2 is 1.81 bits per heavy atom. The highest BCUT2D eigenvalue weighted by atomic mass is 32.2. The number of sulfonamides is 1. The van der Waals surface area contributed by atoms with Gasteiger partial charge in [0.05, 0.1) is 18.5 Å². The number of aryl methyl sites for hydroxylation is 3. The molecule has 0 bridgehead atoms. The third-order valence-electron chi connectivity index (χ3n) is 4.62. The van der Waals surface area contributed by atoms with Crippen LogP contribution in [0.4, 0.5) is 5.69 Å². The van der Waals surface area contributed by atoms with E-state index in [9.17, 15) is 8.42 Å². The fourth-order valence-corrected chi connectivity index (χ4v) is 4.32. The fourth-order valence-electron chi connectivity index (χ4n) is 3.00. The van der Waals surface area contributed by atoms with Gasteiger partial charge in [-0.15, -0.1) is 0 Å². The largest absolute Gasteiger partial charge is 0.495 e. The molecule has 1 aromatic heterocycles. The second-order valence-electron chi connectivity index (χ2n) is 6.42. The highest BCUT2D eigenvalue weighted by molar-refractivity contribution is 7.92. The van der Waals surface area contributed by atoms with E-state index < -0.39 is 10.0 Å². The van der Waals surface area contributed by atoms with Crippen LogP contribution in [-0.2, 0) is 10.0 Å². The Bertz CT molecular complexity index is 1080. The van der Waals surface area contributed by atoms with Gasteiger partial charge in [0.25, 0.3) is 10.0 Å². The molecule has 1 N–H and O–H groups in total. The van der Waals surface area contributed by atoms with Gasteiger partial charge in [0.2, 0.25) is 0 Å². The zero-order chi connectivity index (χ0) is 19.8. The maximum Gasteiger partial charge on any atom is 0.265 e. The number of ether oxygens (including phenoxy) is 1. The maximum atomic E-state index is 13.1. The average molecular weight is 386 g/mol. The van der Waals surface area contributed by atoms with E-state index >= 15 is 0 Å². The second kappa shape index (κ2) is 7.08. The third-order valence-corrected chi connectivity index (χ3v) is 6.01. The smallest absolute Gasteiger partial charge is 0.265 e. The first-order chi connectivity index (χ1) is 12.7. The fraction of sp³-hybridized carbons (Fsp3) is 0.250. The van der Waals surface area contributed by atoms with Gasteiger partial charge in [-0.1, -0.05) is 23.4 Å². The summed E-state index contributed by atoms with van der Waals surface area (Å²) in [6.07, 6.45) is 0. The van der Waals surface area contributed by atoms with Crippen molar-refractivity contribution in [3.05, 3.63) is 59.0 Å². The SMILES string of the molecule is COc1ccc(-c2c(C)noc2C)cc1S(=O)(=O)Nc1cccc(C)c1C. The molecule has 0 radical (unpaired) electrons. The van der Waals surface area contributed by atoms with E-state index in [-0.39, 0.29) is 10.6 Å². The number of hydrogen-bond donors (Lipinski definition) is 1. The molecule has 7 heteroatoms. The van der Waals surface area contributed by atoms with Crippen LogP contribution in [0.25, 0.3) is 11.1 Å². The molecule has 3 aromatic rings. The van der Waals surface area contributed by atoms with E-state index in [1.165, 1.54) is 7.11 Å². The van der Waals surface area contributed by atoms with Crippen molar-refractivity contribution in [2.75, 3.05) is 11.8 Å². The second-order valence-corrected chi connectivity index (χ2v) is 8.07. The number of rotatable bonds is 5. The lowest BCUT2D eigenvalue weighted by Gasteiger charge is -2.15. The maximum absolute atomic E-state index is 13.1. The van der Waals surface area contributed by atoms with Gasteiger partial charge in [-0.3, -0.25) is 4.72 Å². The van der Waals surface area contributed by atoms with E-state index in [4.69, 9.17) is 9.26 Å². The molecule has 0 saturated carbocycles. The molecule has 0 aliphatic rings. The van der Waals surface area contributed by atoms with E-state index in [0.717, 1.165) is 16.7 Å². The number of methoxy groups -OCH3 is 1. The molecule has 27 heavy (non-hydrogen) atoms. The van der Waals surface area contributed by atoms with Crippen molar-refractivity contribution in [3.8, 4) is 16.9 Å². The standard InChI is InChI=1S/C20H22N2O4S/c1-12-7-6-8-17(13(12)2)22-27(23,24)19-11-16(9-10-18(19)25-5)20-14(3)21-26-15(20)4/h6-11,22H,1-5H3. The van der Waals surface area contributed by atoms with Gasteiger partial charge in [-0.05, 0) is 62.6 Å². The lowest BCUT2D eigenvalue weighted by atomic mass is 10.0. The van der Waals surface area contributed by atoms with Gasteiger partial charge in [-0.25, -0.2) is 8.42 Å². The molecule has 0 aliphatic heterocycles. The third kappa shape index (κ3) is 3.55. The first kappa shape index (κ1) is 19.0. The summed E-state index contributed by atoms with van der Waals surface area (Å²) in [6.45, 7) is 7.43. The molecule has 0 fully saturated rings. The predicted molar refractivity (Wildman–Crippen MR) is 105 cm³/mol. The van der Waals surface area contributed by atoms with Gasteiger partial charge in [0, 0.05) is 5.56 Å². The number of aromatic nitrogens is 1. The number of benzene rings is 2. The number of hydrogen-bond acceptors (Lipinski definition) is 5. The molecule has 0 aliphatic carbocycles. The van der Waals surface area contributed by atoms with Crippen molar-refractivity contribution in [2.45, 2.75) is 32.6 Å². The van der Waals surface area contributed by atoms with Gasteiger partial charge in [0.1, 0.15) is 16.4 Å². The first-order valence-corrected chi connectivity index (χ1v) is 9.93. The molecule has 0 spiro atoms. The van der Waals surface area contributed by atoms with E-state index in [1.54, 1.807) is 31.2 Å².